The fraction of sp³-hybridized carbons (Fsp3) is 0.382. The SMILES string of the molecule is O=C(Nc1ccc2c(c1)CCCC(c1ccc(Cl)cc1O)=C2c1ccc(OC2CCN(CCCF)C2)cc1)C1CC1. The first kappa shape index (κ1) is 27.8. The van der Waals surface area contributed by atoms with Crippen LogP contribution in [0.2, 0.25) is 5.02 Å². The van der Waals surface area contributed by atoms with Crippen LogP contribution in [0.1, 0.15) is 60.8 Å². The quantitative estimate of drug-likeness (QED) is 0.278. The number of hydrogen-bond acceptors (Lipinski definition) is 4. The van der Waals surface area contributed by atoms with Gasteiger partial charge in [-0.15, -0.1) is 0 Å². The minimum Gasteiger partial charge on any atom is -0.507 e. The Balaban J connectivity index is 1.33. The molecule has 0 radical (unpaired) electrons. The number of carbonyl (C=O) groups excluding carboxylic acids is 1. The molecule has 3 aromatic carbocycles. The van der Waals surface area contributed by atoms with E-state index in [0.29, 0.717) is 11.4 Å². The van der Waals surface area contributed by atoms with Gasteiger partial charge in [0.15, 0.2) is 0 Å². The van der Waals surface area contributed by atoms with Gasteiger partial charge in [0.2, 0.25) is 5.91 Å². The van der Waals surface area contributed by atoms with Crippen LogP contribution in [-0.4, -0.2) is 48.3 Å². The molecule has 1 saturated heterocycles. The highest BCUT2D eigenvalue weighted by Gasteiger charge is 2.30. The maximum Gasteiger partial charge on any atom is 0.227 e. The molecule has 2 N–H and O–H groups in total. The zero-order valence-electron chi connectivity index (χ0n) is 23.2. The Morgan fingerprint density at radius 2 is 1.83 bits per heavy atom. The second-order valence-corrected chi connectivity index (χ2v) is 11.8. The molecule has 214 valence electrons. The highest BCUT2D eigenvalue weighted by Crippen LogP contribution is 2.43. The van der Waals surface area contributed by atoms with Gasteiger partial charge >= 0.3 is 0 Å². The number of alkyl halides is 1. The number of allylic oxidation sites excluding steroid dienone is 1. The Kier molecular flexibility index (Phi) is 8.31. The molecule has 1 aliphatic heterocycles. The molecule has 41 heavy (non-hydrogen) atoms. The Morgan fingerprint density at radius 1 is 1.02 bits per heavy atom. The normalized spacial score (nSPS) is 19.1. The van der Waals surface area contributed by atoms with Crippen molar-refractivity contribution in [2.24, 2.45) is 5.92 Å². The molecule has 6 rings (SSSR count). The number of likely N-dealkylation sites (tertiary alicyclic amines) is 1. The topological polar surface area (TPSA) is 61.8 Å². The maximum absolute atomic E-state index is 12.6. The number of fused-ring (bicyclic) bond motifs is 1. The van der Waals surface area contributed by atoms with Crippen LogP contribution >= 0.6 is 11.6 Å². The summed E-state index contributed by atoms with van der Waals surface area (Å²) in [5, 5.41) is 14.5. The van der Waals surface area contributed by atoms with Gasteiger partial charge in [-0.05, 0) is 115 Å². The van der Waals surface area contributed by atoms with Gasteiger partial charge in [-0.2, -0.15) is 0 Å². The van der Waals surface area contributed by atoms with Gasteiger partial charge in [0.25, 0.3) is 0 Å². The van der Waals surface area contributed by atoms with E-state index < -0.39 is 0 Å². The Labute approximate surface area is 246 Å². The van der Waals surface area contributed by atoms with E-state index in [4.69, 9.17) is 16.3 Å². The van der Waals surface area contributed by atoms with Crippen LogP contribution in [0.15, 0.2) is 60.7 Å². The highest BCUT2D eigenvalue weighted by atomic mass is 35.5. The molecule has 1 amide bonds. The fourth-order valence-electron chi connectivity index (χ4n) is 6.09. The Morgan fingerprint density at radius 3 is 2.59 bits per heavy atom. The molecular weight excluding hydrogens is 539 g/mol. The average molecular weight is 575 g/mol. The number of phenols is 1. The number of nitrogens with one attached hydrogen (secondary N) is 1. The molecule has 2 aliphatic carbocycles. The van der Waals surface area contributed by atoms with E-state index in [1.807, 2.05) is 30.3 Å². The number of carbonyl (C=O) groups is 1. The minimum atomic E-state index is -0.283. The summed E-state index contributed by atoms with van der Waals surface area (Å²) in [6, 6.07) is 19.7. The number of hydrogen-bond donors (Lipinski definition) is 2. The number of ether oxygens (including phenoxy) is 1. The summed E-state index contributed by atoms with van der Waals surface area (Å²) in [7, 11) is 0. The van der Waals surface area contributed by atoms with Crippen molar-refractivity contribution in [3.05, 3.63) is 87.9 Å². The molecule has 1 saturated carbocycles. The summed E-state index contributed by atoms with van der Waals surface area (Å²) >= 11 is 6.19. The molecule has 3 aliphatic rings. The van der Waals surface area contributed by atoms with E-state index in [9.17, 15) is 14.3 Å². The van der Waals surface area contributed by atoms with Crippen molar-refractivity contribution in [1.82, 2.24) is 4.90 Å². The van der Waals surface area contributed by atoms with Crippen molar-refractivity contribution >= 4 is 34.3 Å². The van der Waals surface area contributed by atoms with Gasteiger partial charge in [0, 0.05) is 41.8 Å². The minimum absolute atomic E-state index is 0.101. The predicted molar refractivity (Wildman–Crippen MR) is 162 cm³/mol. The van der Waals surface area contributed by atoms with Crippen molar-refractivity contribution in [3.8, 4) is 11.5 Å². The number of halogens is 2. The third-order valence-electron chi connectivity index (χ3n) is 8.33. The number of aryl methyl sites for hydroxylation is 1. The number of amides is 1. The number of aromatic hydroxyl groups is 1. The predicted octanol–water partition coefficient (Wildman–Crippen LogP) is 7.50. The van der Waals surface area contributed by atoms with E-state index in [2.05, 4.69) is 34.5 Å². The number of rotatable bonds is 9. The standard InChI is InChI=1S/C34H36ClFN2O3/c35-25-9-13-30(32(39)20-25)31-4-1-3-24-19-26(37-34(40)23-5-6-23)10-14-29(24)33(31)22-7-11-27(12-8-22)41-28-15-18-38(21-28)17-2-16-36/h7-14,19-20,23,28,39H,1-6,15-18,21H2,(H,37,40). The van der Waals surface area contributed by atoms with Crippen molar-refractivity contribution in [1.29, 1.82) is 0 Å². The van der Waals surface area contributed by atoms with Crippen LogP contribution < -0.4 is 10.1 Å². The number of anilines is 1. The van der Waals surface area contributed by atoms with Crippen molar-refractivity contribution in [2.75, 3.05) is 31.6 Å². The maximum atomic E-state index is 12.6. The number of nitrogens with zero attached hydrogens (tertiary/aromatic N) is 1. The van der Waals surface area contributed by atoms with Crippen LogP contribution in [0.5, 0.6) is 11.5 Å². The van der Waals surface area contributed by atoms with Gasteiger partial charge in [0.1, 0.15) is 17.6 Å². The molecule has 1 unspecified atom stereocenters. The molecule has 0 spiro atoms. The largest absolute Gasteiger partial charge is 0.507 e. The van der Waals surface area contributed by atoms with Gasteiger partial charge in [0.05, 0.1) is 6.67 Å². The average Bonchev–Trinajstić information content (AvgIpc) is 3.75. The first-order valence-corrected chi connectivity index (χ1v) is 15.1. The van der Waals surface area contributed by atoms with Crippen molar-refractivity contribution < 1.29 is 19.0 Å². The van der Waals surface area contributed by atoms with Gasteiger partial charge in [-0.3, -0.25) is 14.1 Å². The van der Waals surface area contributed by atoms with Gasteiger partial charge < -0.3 is 15.2 Å². The highest BCUT2D eigenvalue weighted by molar-refractivity contribution is 6.30. The smallest absolute Gasteiger partial charge is 0.227 e. The van der Waals surface area contributed by atoms with Crippen molar-refractivity contribution in [3.63, 3.8) is 0 Å². The summed E-state index contributed by atoms with van der Waals surface area (Å²) in [6.07, 6.45) is 6.11. The Hall–Kier alpha value is -3.35. The molecule has 1 heterocycles. The molecule has 0 aromatic heterocycles. The van der Waals surface area contributed by atoms with E-state index in [1.165, 1.54) is 5.56 Å². The summed E-state index contributed by atoms with van der Waals surface area (Å²) in [6.45, 7) is 2.24. The molecule has 7 heteroatoms. The number of phenolic OH excluding ortho intramolecular Hbond substituents is 1. The zero-order valence-corrected chi connectivity index (χ0v) is 23.9. The van der Waals surface area contributed by atoms with Gasteiger partial charge in [-0.1, -0.05) is 29.8 Å². The third kappa shape index (κ3) is 6.44. The summed E-state index contributed by atoms with van der Waals surface area (Å²) in [5.74, 6) is 1.23. The van der Waals surface area contributed by atoms with Crippen LogP contribution in [0.3, 0.4) is 0 Å². The second-order valence-electron chi connectivity index (χ2n) is 11.4. The first-order chi connectivity index (χ1) is 20.0. The third-order valence-corrected chi connectivity index (χ3v) is 8.57. The molecule has 3 aromatic rings. The molecule has 2 fully saturated rings. The van der Waals surface area contributed by atoms with E-state index in [1.54, 1.807) is 6.07 Å². The van der Waals surface area contributed by atoms with E-state index in [0.717, 1.165) is 97.4 Å². The monoisotopic (exact) mass is 574 g/mol. The van der Waals surface area contributed by atoms with E-state index >= 15 is 0 Å². The lowest BCUT2D eigenvalue weighted by atomic mass is 9.87. The second kappa shape index (κ2) is 12.3. The lowest BCUT2D eigenvalue weighted by Crippen LogP contribution is -2.26. The summed E-state index contributed by atoms with van der Waals surface area (Å²) in [5.41, 5.74) is 7.07. The van der Waals surface area contributed by atoms with Crippen LogP contribution in [0, 0.1) is 5.92 Å². The van der Waals surface area contributed by atoms with Crippen LogP contribution in [0.25, 0.3) is 11.1 Å². The first-order valence-electron chi connectivity index (χ1n) is 14.7. The zero-order chi connectivity index (χ0) is 28.3. The fourth-order valence-corrected chi connectivity index (χ4v) is 6.25. The van der Waals surface area contributed by atoms with Crippen LogP contribution in [0.4, 0.5) is 10.1 Å². The Bertz CT molecular complexity index is 1450. The van der Waals surface area contributed by atoms with E-state index in [-0.39, 0.29) is 30.4 Å². The molecule has 0 bridgehead atoms. The lowest BCUT2D eigenvalue weighted by molar-refractivity contribution is -0.117. The molecule has 5 nitrogen and oxygen atoms in total. The van der Waals surface area contributed by atoms with Gasteiger partial charge in [-0.25, -0.2) is 0 Å². The lowest BCUT2D eigenvalue weighted by Gasteiger charge is -2.19. The molecule has 1 atom stereocenters. The molecular formula is C34H36ClFN2O3. The number of benzene rings is 3. The van der Waals surface area contributed by atoms with Crippen molar-refractivity contribution in [2.45, 2.75) is 51.0 Å². The summed E-state index contributed by atoms with van der Waals surface area (Å²) < 4.78 is 18.9. The van der Waals surface area contributed by atoms with Crippen LogP contribution in [-0.2, 0) is 11.2 Å². The summed E-state index contributed by atoms with van der Waals surface area (Å²) in [4.78, 5) is 14.7.